The Labute approximate surface area is 91.8 Å². The van der Waals surface area contributed by atoms with Crippen molar-refractivity contribution in [3.8, 4) is 0 Å². The molecular formula is C11H10ClNO2. The molecule has 0 fully saturated rings. The fourth-order valence-electron chi connectivity index (χ4n) is 1.64. The van der Waals surface area contributed by atoms with Gasteiger partial charge in [0.15, 0.2) is 5.43 Å². The zero-order valence-electron chi connectivity index (χ0n) is 8.45. The minimum absolute atomic E-state index is 0.0432. The van der Waals surface area contributed by atoms with Crippen LogP contribution in [0.25, 0.3) is 10.9 Å². The van der Waals surface area contributed by atoms with Gasteiger partial charge in [-0.2, -0.15) is 4.73 Å². The average molecular weight is 224 g/mol. The Kier molecular flexibility index (Phi) is 2.40. The third kappa shape index (κ3) is 1.59. The van der Waals surface area contributed by atoms with Gasteiger partial charge in [0.05, 0.1) is 16.6 Å². The third-order valence-corrected chi connectivity index (χ3v) is 2.52. The second kappa shape index (κ2) is 3.59. The summed E-state index contributed by atoms with van der Waals surface area (Å²) in [7, 11) is 1.56. The van der Waals surface area contributed by atoms with E-state index in [-0.39, 0.29) is 5.43 Å². The molecule has 0 aliphatic carbocycles. The molecule has 0 saturated carbocycles. The molecule has 2 rings (SSSR count). The predicted molar refractivity (Wildman–Crippen MR) is 60.5 cm³/mol. The van der Waals surface area contributed by atoms with E-state index in [9.17, 15) is 4.79 Å². The highest BCUT2D eigenvalue weighted by Gasteiger charge is 2.06. The lowest BCUT2D eigenvalue weighted by atomic mass is 10.2. The number of hydrogen-bond acceptors (Lipinski definition) is 2. The lowest BCUT2D eigenvalue weighted by molar-refractivity contribution is 0.171. The molecule has 0 unspecified atom stereocenters. The summed E-state index contributed by atoms with van der Waals surface area (Å²) in [5, 5.41) is 1.11. The van der Waals surface area contributed by atoms with Crippen LogP contribution in [0.15, 0.2) is 29.1 Å². The molecule has 1 heterocycles. The highest BCUT2D eigenvalue weighted by molar-refractivity contribution is 6.31. The maximum atomic E-state index is 11.7. The Morgan fingerprint density at radius 2 is 2.07 bits per heavy atom. The SMILES string of the molecule is COn1c(C)cc(=O)c2cc(Cl)ccc21. The number of nitrogens with zero attached hydrogens (tertiary/aromatic N) is 1. The highest BCUT2D eigenvalue weighted by atomic mass is 35.5. The van der Waals surface area contributed by atoms with Crippen LogP contribution in [0, 0.1) is 6.92 Å². The van der Waals surface area contributed by atoms with Crippen LogP contribution >= 0.6 is 11.6 Å². The number of fused-ring (bicyclic) bond motifs is 1. The standard InChI is InChI=1S/C11H10ClNO2/c1-7-5-11(14)9-6-8(12)3-4-10(9)13(7)15-2/h3-6H,1-2H3. The molecule has 0 saturated heterocycles. The maximum Gasteiger partial charge on any atom is 0.189 e. The normalized spacial score (nSPS) is 10.6. The number of pyridine rings is 1. The van der Waals surface area contributed by atoms with Crippen molar-refractivity contribution in [3.63, 3.8) is 0 Å². The molecule has 0 aliphatic heterocycles. The van der Waals surface area contributed by atoms with Crippen LogP contribution in [0.2, 0.25) is 5.02 Å². The second-order valence-electron chi connectivity index (χ2n) is 3.29. The molecule has 0 N–H and O–H groups in total. The molecule has 0 spiro atoms. The van der Waals surface area contributed by atoms with E-state index in [0.717, 1.165) is 11.2 Å². The zero-order valence-corrected chi connectivity index (χ0v) is 9.21. The third-order valence-electron chi connectivity index (χ3n) is 2.29. The van der Waals surface area contributed by atoms with Gasteiger partial charge in [-0.15, -0.1) is 0 Å². The van der Waals surface area contributed by atoms with Crippen molar-refractivity contribution in [2.24, 2.45) is 0 Å². The number of aryl methyl sites for hydroxylation is 1. The van der Waals surface area contributed by atoms with E-state index in [0.29, 0.717) is 10.4 Å². The average Bonchev–Trinajstić information content (AvgIpc) is 2.19. The van der Waals surface area contributed by atoms with Gasteiger partial charge in [0.25, 0.3) is 0 Å². The molecule has 4 heteroatoms. The molecule has 2 aromatic rings. The number of rotatable bonds is 1. The number of aromatic nitrogens is 1. The lowest BCUT2D eigenvalue weighted by Crippen LogP contribution is -2.16. The number of halogens is 1. The van der Waals surface area contributed by atoms with Crippen LogP contribution in [-0.4, -0.2) is 11.8 Å². The summed E-state index contributed by atoms with van der Waals surface area (Å²) in [4.78, 5) is 16.9. The van der Waals surface area contributed by atoms with E-state index in [4.69, 9.17) is 16.4 Å². The van der Waals surface area contributed by atoms with Crippen molar-refractivity contribution in [2.75, 3.05) is 7.11 Å². The topological polar surface area (TPSA) is 31.2 Å². The van der Waals surface area contributed by atoms with Crippen molar-refractivity contribution >= 4 is 22.5 Å². The zero-order chi connectivity index (χ0) is 11.0. The van der Waals surface area contributed by atoms with Gasteiger partial charge in [-0.1, -0.05) is 11.6 Å². The molecule has 1 aromatic carbocycles. The van der Waals surface area contributed by atoms with Crippen LogP contribution in [0.4, 0.5) is 0 Å². The van der Waals surface area contributed by atoms with Crippen molar-refractivity contribution in [3.05, 3.63) is 45.2 Å². The van der Waals surface area contributed by atoms with Gasteiger partial charge >= 0.3 is 0 Å². The Hall–Kier alpha value is -1.48. The first-order valence-corrected chi connectivity index (χ1v) is 4.87. The summed E-state index contributed by atoms with van der Waals surface area (Å²) >= 11 is 5.84. The van der Waals surface area contributed by atoms with Crippen LogP contribution in [0.1, 0.15) is 5.69 Å². The van der Waals surface area contributed by atoms with Gasteiger partial charge in [0.2, 0.25) is 0 Å². The summed E-state index contributed by atoms with van der Waals surface area (Å²) in [5.41, 5.74) is 1.45. The molecule has 78 valence electrons. The minimum Gasteiger partial charge on any atom is -0.417 e. The monoisotopic (exact) mass is 223 g/mol. The summed E-state index contributed by atoms with van der Waals surface area (Å²) in [6, 6.07) is 6.68. The molecule has 1 aromatic heterocycles. The van der Waals surface area contributed by atoms with Crippen LogP contribution < -0.4 is 10.3 Å². The Bertz CT molecular complexity index is 575. The smallest absolute Gasteiger partial charge is 0.189 e. The summed E-state index contributed by atoms with van der Waals surface area (Å²) in [5.74, 6) is 0. The fraction of sp³-hybridized carbons (Fsp3) is 0.182. The van der Waals surface area contributed by atoms with Crippen molar-refractivity contribution in [1.29, 1.82) is 0 Å². The van der Waals surface area contributed by atoms with E-state index in [1.165, 1.54) is 6.07 Å². The molecular weight excluding hydrogens is 214 g/mol. The van der Waals surface area contributed by atoms with Gasteiger partial charge in [0, 0.05) is 11.1 Å². The first-order valence-electron chi connectivity index (χ1n) is 4.50. The molecule has 15 heavy (non-hydrogen) atoms. The van der Waals surface area contributed by atoms with Gasteiger partial charge in [-0.25, -0.2) is 0 Å². The van der Waals surface area contributed by atoms with E-state index < -0.39 is 0 Å². The fourth-order valence-corrected chi connectivity index (χ4v) is 1.81. The van der Waals surface area contributed by atoms with Crippen LogP contribution in [0.3, 0.4) is 0 Å². The summed E-state index contributed by atoms with van der Waals surface area (Å²) in [6.07, 6.45) is 0. The van der Waals surface area contributed by atoms with Gasteiger partial charge in [0.1, 0.15) is 7.11 Å². The number of hydrogen-bond donors (Lipinski definition) is 0. The summed E-state index contributed by atoms with van der Waals surface area (Å²) < 4.78 is 1.60. The molecule has 0 bridgehead atoms. The van der Waals surface area contributed by atoms with Crippen LogP contribution in [0.5, 0.6) is 0 Å². The molecule has 0 aliphatic rings. The molecule has 3 nitrogen and oxygen atoms in total. The minimum atomic E-state index is -0.0432. The molecule has 0 radical (unpaired) electrons. The highest BCUT2D eigenvalue weighted by Crippen LogP contribution is 2.16. The molecule has 0 amide bonds. The van der Waals surface area contributed by atoms with Crippen LogP contribution in [-0.2, 0) is 0 Å². The van der Waals surface area contributed by atoms with E-state index in [2.05, 4.69) is 0 Å². The van der Waals surface area contributed by atoms with Gasteiger partial charge in [-0.05, 0) is 25.1 Å². The Balaban J connectivity index is 2.96. The Morgan fingerprint density at radius 1 is 1.33 bits per heavy atom. The van der Waals surface area contributed by atoms with E-state index >= 15 is 0 Å². The van der Waals surface area contributed by atoms with Crippen molar-refractivity contribution in [2.45, 2.75) is 6.92 Å². The molecule has 0 atom stereocenters. The number of benzene rings is 1. The maximum absolute atomic E-state index is 11.7. The van der Waals surface area contributed by atoms with Crippen molar-refractivity contribution in [1.82, 2.24) is 4.73 Å². The largest absolute Gasteiger partial charge is 0.417 e. The Morgan fingerprint density at radius 3 is 2.73 bits per heavy atom. The van der Waals surface area contributed by atoms with Crippen molar-refractivity contribution < 1.29 is 4.84 Å². The van der Waals surface area contributed by atoms with E-state index in [1.54, 1.807) is 30.0 Å². The lowest BCUT2D eigenvalue weighted by Gasteiger charge is -2.11. The predicted octanol–water partition coefficient (Wildman–Crippen LogP) is 2.02. The van der Waals surface area contributed by atoms with E-state index in [1.807, 2.05) is 6.92 Å². The van der Waals surface area contributed by atoms with Gasteiger partial charge < -0.3 is 4.84 Å². The second-order valence-corrected chi connectivity index (χ2v) is 3.72. The van der Waals surface area contributed by atoms with Gasteiger partial charge in [-0.3, -0.25) is 4.79 Å². The first-order chi connectivity index (χ1) is 7.13. The first kappa shape index (κ1) is 10.1. The summed E-state index contributed by atoms with van der Waals surface area (Å²) in [6.45, 7) is 1.82. The quantitative estimate of drug-likeness (QED) is 0.741.